The maximum absolute atomic E-state index is 5.98. The molecule has 2 aromatic rings. The molecular weight excluding hydrogens is 298 g/mol. The monoisotopic (exact) mass is 321 g/mol. The third kappa shape index (κ3) is 5.82. The summed E-state index contributed by atoms with van der Waals surface area (Å²) in [6.07, 6.45) is 2.16. The van der Waals surface area contributed by atoms with E-state index >= 15 is 0 Å². The lowest BCUT2D eigenvalue weighted by molar-refractivity contribution is 0.312. The number of rotatable bonds is 6. The summed E-state index contributed by atoms with van der Waals surface area (Å²) in [5.41, 5.74) is 1.68. The van der Waals surface area contributed by atoms with Crippen molar-refractivity contribution in [3.05, 3.63) is 57.2 Å². The van der Waals surface area contributed by atoms with Gasteiger partial charge in [-0.05, 0) is 36.0 Å². The highest BCUT2D eigenvalue weighted by molar-refractivity contribution is 7.16. The average molecular weight is 322 g/mol. The quantitative estimate of drug-likeness (QED) is 0.718. The molecule has 0 spiro atoms. The summed E-state index contributed by atoms with van der Waals surface area (Å²) in [6.45, 7) is 7.86. The predicted molar refractivity (Wildman–Crippen MR) is 94.3 cm³/mol. The Bertz CT molecular complexity index is 542. The minimum atomic E-state index is 0.305. The van der Waals surface area contributed by atoms with Crippen LogP contribution in [0.3, 0.4) is 0 Å². The van der Waals surface area contributed by atoms with Crippen molar-refractivity contribution >= 4 is 22.9 Å². The number of hydrogen-bond acceptors (Lipinski definition) is 2. The molecule has 0 aliphatic heterocycles. The van der Waals surface area contributed by atoms with Crippen molar-refractivity contribution in [3.8, 4) is 0 Å². The van der Waals surface area contributed by atoms with Gasteiger partial charge in [0.15, 0.2) is 0 Å². The van der Waals surface area contributed by atoms with E-state index in [0.29, 0.717) is 11.5 Å². The Balaban J connectivity index is 1.96. The fourth-order valence-electron chi connectivity index (χ4n) is 2.46. The molecule has 1 aromatic heterocycles. The van der Waals surface area contributed by atoms with Gasteiger partial charge in [0.2, 0.25) is 0 Å². The van der Waals surface area contributed by atoms with Gasteiger partial charge >= 0.3 is 0 Å². The molecule has 1 N–H and O–H groups in total. The molecule has 0 saturated carbocycles. The number of hydrogen-bond donors (Lipinski definition) is 1. The van der Waals surface area contributed by atoms with Crippen molar-refractivity contribution in [1.82, 2.24) is 5.32 Å². The van der Waals surface area contributed by atoms with E-state index in [-0.39, 0.29) is 0 Å². The highest BCUT2D eigenvalue weighted by Gasteiger charge is 2.19. The molecule has 3 heteroatoms. The first-order valence-electron chi connectivity index (χ1n) is 7.46. The number of benzene rings is 1. The fourth-order valence-corrected chi connectivity index (χ4v) is 3.55. The van der Waals surface area contributed by atoms with Crippen LogP contribution < -0.4 is 5.32 Å². The van der Waals surface area contributed by atoms with Crippen LogP contribution >= 0.6 is 22.9 Å². The van der Waals surface area contributed by atoms with Crippen molar-refractivity contribution in [3.63, 3.8) is 0 Å². The highest BCUT2D eigenvalue weighted by Crippen LogP contribution is 2.29. The maximum atomic E-state index is 5.98. The van der Waals surface area contributed by atoms with Crippen molar-refractivity contribution in [2.45, 2.75) is 39.7 Å². The number of nitrogens with one attached hydrogen (secondary N) is 1. The van der Waals surface area contributed by atoms with Gasteiger partial charge in [-0.1, -0.05) is 62.7 Å². The lowest BCUT2D eigenvalue weighted by Crippen LogP contribution is -2.27. The van der Waals surface area contributed by atoms with Gasteiger partial charge in [0.05, 0.1) is 4.34 Å². The van der Waals surface area contributed by atoms with E-state index < -0.39 is 0 Å². The normalized spacial score (nSPS) is 13.3. The van der Waals surface area contributed by atoms with E-state index in [4.69, 9.17) is 11.6 Å². The van der Waals surface area contributed by atoms with Crippen molar-refractivity contribution in [2.24, 2.45) is 5.41 Å². The van der Waals surface area contributed by atoms with Gasteiger partial charge in [-0.15, -0.1) is 11.3 Å². The Morgan fingerprint density at radius 2 is 1.81 bits per heavy atom. The van der Waals surface area contributed by atoms with Crippen LogP contribution in [0.25, 0.3) is 0 Å². The molecule has 0 amide bonds. The van der Waals surface area contributed by atoms with Gasteiger partial charge in [0.1, 0.15) is 0 Å². The number of thiophene rings is 1. The smallest absolute Gasteiger partial charge is 0.0931 e. The molecule has 21 heavy (non-hydrogen) atoms. The van der Waals surface area contributed by atoms with Gasteiger partial charge in [-0.2, -0.15) is 0 Å². The first-order chi connectivity index (χ1) is 9.94. The first kappa shape index (κ1) is 16.5. The van der Waals surface area contributed by atoms with Crippen LogP contribution in [0.5, 0.6) is 0 Å². The largest absolute Gasteiger partial charge is 0.310 e. The minimum Gasteiger partial charge on any atom is -0.310 e. The summed E-state index contributed by atoms with van der Waals surface area (Å²) in [7, 11) is 0. The Morgan fingerprint density at radius 1 is 1.10 bits per heavy atom. The summed E-state index contributed by atoms with van der Waals surface area (Å²) in [5, 5.41) is 3.71. The molecule has 0 fully saturated rings. The summed E-state index contributed by atoms with van der Waals surface area (Å²) < 4.78 is 0.874. The standard InChI is InChI=1S/C18H24ClNS/c1-18(2,3)13-16(14-7-5-4-6-8-14)20-12-11-15-9-10-17(19)21-15/h4-10,16,20H,11-13H2,1-3H3. The molecule has 1 heterocycles. The molecule has 1 aromatic carbocycles. The molecule has 0 aliphatic carbocycles. The lowest BCUT2D eigenvalue weighted by Gasteiger charge is -2.27. The Kier molecular flexibility index (Phi) is 5.86. The van der Waals surface area contributed by atoms with Crippen LogP contribution in [0.1, 0.15) is 43.7 Å². The van der Waals surface area contributed by atoms with E-state index in [0.717, 1.165) is 23.7 Å². The van der Waals surface area contributed by atoms with Crippen LogP contribution in [0, 0.1) is 5.41 Å². The lowest BCUT2D eigenvalue weighted by atomic mass is 9.85. The maximum Gasteiger partial charge on any atom is 0.0931 e. The SMILES string of the molecule is CC(C)(C)CC(NCCc1ccc(Cl)s1)c1ccccc1. The molecular formula is C18H24ClNS. The Morgan fingerprint density at radius 3 is 2.38 bits per heavy atom. The van der Waals surface area contributed by atoms with Crippen LogP contribution in [0.4, 0.5) is 0 Å². The van der Waals surface area contributed by atoms with Crippen molar-refractivity contribution < 1.29 is 0 Å². The molecule has 0 radical (unpaired) electrons. The third-order valence-electron chi connectivity index (χ3n) is 3.41. The van der Waals surface area contributed by atoms with Gasteiger partial charge in [-0.3, -0.25) is 0 Å². The van der Waals surface area contributed by atoms with Gasteiger partial charge < -0.3 is 5.32 Å². The highest BCUT2D eigenvalue weighted by atomic mass is 35.5. The van der Waals surface area contributed by atoms with Crippen LogP contribution in [-0.4, -0.2) is 6.54 Å². The second-order valence-corrected chi connectivity index (χ2v) is 8.44. The van der Waals surface area contributed by atoms with Gasteiger partial charge in [-0.25, -0.2) is 0 Å². The topological polar surface area (TPSA) is 12.0 Å². The summed E-state index contributed by atoms with van der Waals surface area (Å²) in [6, 6.07) is 15.2. The fraction of sp³-hybridized carbons (Fsp3) is 0.444. The molecule has 1 atom stereocenters. The molecule has 2 rings (SSSR count). The Hall–Kier alpha value is -0.830. The zero-order chi connectivity index (χ0) is 15.3. The van der Waals surface area contributed by atoms with E-state index in [1.54, 1.807) is 11.3 Å². The van der Waals surface area contributed by atoms with Crippen molar-refractivity contribution in [1.29, 1.82) is 0 Å². The Labute approximate surface area is 137 Å². The van der Waals surface area contributed by atoms with E-state index in [1.807, 2.05) is 6.07 Å². The third-order valence-corrected chi connectivity index (χ3v) is 4.70. The molecule has 1 nitrogen and oxygen atoms in total. The molecule has 0 bridgehead atoms. The van der Waals surface area contributed by atoms with Crippen LogP contribution in [0.2, 0.25) is 4.34 Å². The predicted octanol–water partition coefficient (Wildman–Crippen LogP) is 5.71. The van der Waals surface area contributed by atoms with Gasteiger partial charge in [0.25, 0.3) is 0 Å². The second kappa shape index (κ2) is 7.44. The van der Waals surface area contributed by atoms with E-state index in [9.17, 15) is 0 Å². The summed E-state index contributed by atoms with van der Waals surface area (Å²) in [5.74, 6) is 0. The number of halogens is 1. The van der Waals surface area contributed by atoms with Crippen molar-refractivity contribution in [2.75, 3.05) is 6.54 Å². The van der Waals surface area contributed by atoms with E-state index in [2.05, 4.69) is 62.5 Å². The first-order valence-corrected chi connectivity index (χ1v) is 8.66. The zero-order valence-electron chi connectivity index (χ0n) is 13.0. The summed E-state index contributed by atoms with van der Waals surface area (Å²) >= 11 is 7.66. The zero-order valence-corrected chi connectivity index (χ0v) is 14.6. The van der Waals surface area contributed by atoms with E-state index in [1.165, 1.54) is 10.4 Å². The molecule has 114 valence electrons. The summed E-state index contributed by atoms with van der Waals surface area (Å²) in [4.78, 5) is 1.34. The molecule has 1 unspecified atom stereocenters. The average Bonchev–Trinajstić information content (AvgIpc) is 2.83. The molecule has 0 saturated heterocycles. The van der Waals surface area contributed by atoms with Crippen LogP contribution in [0.15, 0.2) is 42.5 Å². The van der Waals surface area contributed by atoms with Gasteiger partial charge in [0, 0.05) is 17.5 Å². The minimum absolute atomic E-state index is 0.305. The molecule has 0 aliphatic rings. The second-order valence-electron chi connectivity index (χ2n) is 6.64. The van der Waals surface area contributed by atoms with Crippen LogP contribution in [-0.2, 0) is 6.42 Å².